The number of hydrogen-bond acceptors (Lipinski definition) is 2. The number of rotatable bonds is 6. The smallest absolute Gasteiger partial charge is 0.304 e. The number of likely N-dealkylation sites (N-methyl/N-ethyl adjacent to an activating group) is 1. The molecule has 0 saturated carbocycles. The van der Waals surface area contributed by atoms with Gasteiger partial charge in [-0.1, -0.05) is 37.3 Å². The molecule has 15 heavy (non-hydrogen) atoms. The average Bonchev–Trinajstić information content (AvgIpc) is 2.18. The van der Waals surface area contributed by atoms with Gasteiger partial charge in [-0.25, -0.2) is 0 Å². The Kier molecular flexibility index (Phi) is 4.84. The first-order chi connectivity index (χ1) is 7.22. The summed E-state index contributed by atoms with van der Waals surface area (Å²) in [6.07, 6.45) is 0.934. The molecule has 0 saturated heterocycles. The molecule has 1 rings (SSSR count). The van der Waals surface area contributed by atoms with E-state index in [-0.39, 0.29) is 12.5 Å². The number of carbonyl (C=O) groups is 1. The topological polar surface area (TPSA) is 49.3 Å². The SMILES string of the molecule is CCN[C@H](CC(=O)O)Cc1ccccc1. The van der Waals surface area contributed by atoms with E-state index in [4.69, 9.17) is 5.11 Å². The van der Waals surface area contributed by atoms with Gasteiger partial charge < -0.3 is 10.4 Å². The van der Waals surface area contributed by atoms with Crippen LogP contribution in [0.4, 0.5) is 0 Å². The van der Waals surface area contributed by atoms with Gasteiger partial charge in [-0.15, -0.1) is 0 Å². The summed E-state index contributed by atoms with van der Waals surface area (Å²) in [6.45, 7) is 2.78. The lowest BCUT2D eigenvalue weighted by molar-refractivity contribution is -0.137. The first-order valence-corrected chi connectivity index (χ1v) is 5.21. The molecule has 0 radical (unpaired) electrons. The molecular weight excluding hydrogens is 190 g/mol. The molecule has 1 aromatic rings. The molecule has 0 aromatic heterocycles. The van der Waals surface area contributed by atoms with Crippen LogP contribution in [0.25, 0.3) is 0 Å². The number of carboxylic acids is 1. The highest BCUT2D eigenvalue weighted by Crippen LogP contribution is 2.05. The zero-order valence-electron chi connectivity index (χ0n) is 8.94. The molecule has 3 heteroatoms. The van der Waals surface area contributed by atoms with Crippen LogP contribution in [0.3, 0.4) is 0 Å². The van der Waals surface area contributed by atoms with Crippen molar-refractivity contribution in [1.82, 2.24) is 5.32 Å². The fourth-order valence-corrected chi connectivity index (χ4v) is 1.61. The van der Waals surface area contributed by atoms with Gasteiger partial charge in [0, 0.05) is 6.04 Å². The molecule has 0 bridgehead atoms. The fraction of sp³-hybridized carbons (Fsp3) is 0.417. The molecule has 0 aliphatic carbocycles. The molecule has 3 nitrogen and oxygen atoms in total. The van der Waals surface area contributed by atoms with Gasteiger partial charge in [0.1, 0.15) is 0 Å². The molecule has 0 amide bonds. The van der Waals surface area contributed by atoms with Crippen LogP contribution in [0.5, 0.6) is 0 Å². The second-order valence-electron chi connectivity index (χ2n) is 3.54. The molecule has 1 aromatic carbocycles. The maximum absolute atomic E-state index is 10.6. The standard InChI is InChI=1S/C12H17NO2/c1-2-13-11(9-12(14)15)8-10-6-4-3-5-7-10/h3-7,11,13H,2,8-9H2,1H3,(H,14,15)/t11-/m0/s1. The molecule has 0 heterocycles. The van der Waals surface area contributed by atoms with Crippen LogP contribution in [0, 0.1) is 0 Å². The van der Waals surface area contributed by atoms with Gasteiger partial charge in [0.25, 0.3) is 0 Å². The number of nitrogens with one attached hydrogen (secondary N) is 1. The van der Waals surface area contributed by atoms with E-state index in [2.05, 4.69) is 5.32 Å². The highest BCUT2D eigenvalue weighted by atomic mass is 16.4. The summed E-state index contributed by atoms with van der Waals surface area (Å²) in [5, 5.41) is 11.9. The van der Waals surface area contributed by atoms with E-state index in [1.54, 1.807) is 0 Å². The maximum atomic E-state index is 10.6. The zero-order chi connectivity index (χ0) is 11.1. The summed E-state index contributed by atoms with van der Waals surface area (Å²) in [4.78, 5) is 10.6. The second kappa shape index (κ2) is 6.19. The number of aliphatic carboxylic acids is 1. The van der Waals surface area contributed by atoms with E-state index in [1.165, 1.54) is 5.56 Å². The average molecular weight is 207 g/mol. The van der Waals surface area contributed by atoms with E-state index < -0.39 is 5.97 Å². The lowest BCUT2D eigenvalue weighted by Crippen LogP contribution is -2.33. The predicted molar refractivity (Wildman–Crippen MR) is 59.9 cm³/mol. The van der Waals surface area contributed by atoms with Gasteiger partial charge in [0.15, 0.2) is 0 Å². The van der Waals surface area contributed by atoms with E-state index in [9.17, 15) is 4.79 Å². The second-order valence-corrected chi connectivity index (χ2v) is 3.54. The summed E-state index contributed by atoms with van der Waals surface area (Å²) in [5.74, 6) is -0.753. The van der Waals surface area contributed by atoms with Crippen molar-refractivity contribution in [2.24, 2.45) is 0 Å². The molecule has 82 valence electrons. The Bertz CT molecular complexity index is 298. The first-order valence-electron chi connectivity index (χ1n) is 5.21. The quantitative estimate of drug-likeness (QED) is 0.746. The molecule has 2 N–H and O–H groups in total. The lowest BCUT2D eigenvalue weighted by Gasteiger charge is -2.15. The predicted octanol–water partition coefficient (Wildman–Crippen LogP) is 1.68. The van der Waals surface area contributed by atoms with E-state index >= 15 is 0 Å². The first kappa shape index (κ1) is 11.7. The molecule has 0 fully saturated rings. The van der Waals surface area contributed by atoms with Crippen molar-refractivity contribution in [2.75, 3.05) is 6.54 Å². The molecule has 0 unspecified atom stereocenters. The summed E-state index contributed by atoms with van der Waals surface area (Å²) >= 11 is 0. The van der Waals surface area contributed by atoms with Crippen LogP contribution in [0.1, 0.15) is 18.9 Å². The summed E-state index contributed by atoms with van der Waals surface area (Å²) in [6, 6.07) is 9.97. The monoisotopic (exact) mass is 207 g/mol. The van der Waals surface area contributed by atoms with Gasteiger partial charge in [0.05, 0.1) is 6.42 Å². The third kappa shape index (κ3) is 4.61. The van der Waals surface area contributed by atoms with Crippen molar-refractivity contribution in [2.45, 2.75) is 25.8 Å². The fourth-order valence-electron chi connectivity index (χ4n) is 1.61. The van der Waals surface area contributed by atoms with Gasteiger partial charge in [0.2, 0.25) is 0 Å². The molecule has 1 atom stereocenters. The highest BCUT2D eigenvalue weighted by molar-refractivity contribution is 5.67. The van der Waals surface area contributed by atoms with Crippen molar-refractivity contribution in [3.8, 4) is 0 Å². The van der Waals surface area contributed by atoms with E-state index in [1.807, 2.05) is 37.3 Å². The van der Waals surface area contributed by atoms with Crippen LogP contribution < -0.4 is 5.32 Å². The van der Waals surface area contributed by atoms with Crippen LogP contribution in [-0.2, 0) is 11.2 Å². The minimum atomic E-state index is -0.753. The largest absolute Gasteiger partial charge is 0.481 e. The Hall–Kier alpha value is -1.35. The molecule has 0 aliphatic heterocycles. The summed E-state index contributed by atoms with van der Waals surface area (Å²) < 4.78 is 0. The summed E-state index contributed by atoms with van der Waals surface area (Å²) in [5.41, 5.74) is 1.17. The lowest BCUT2D eigenvalue weighted by atomic mass is 10.0. The third-order valence-electron chi connectivity index (χ3n) is 2.24. The number of carboxylic acid groups (broad SMARTS) is 1. The minimum Gasteiger partial charge on any atom is -0.481 e. The number of hydrogen-bond donors (Lipinski definition) is 2. The van der Waals surface area contributed by atoms with Crippen LogP contribution >= 0.6 is 0 Å². The van der Waals surface area contributed by atoms with Gasteiger partial charge in [-0.2, -0.15) is 0 Å². The minimum absolute atomic E-state index is 0.0231. The highest BCUT2D eigenvalue weighted by Gasteiger charge is 2.12. The Morgan fingerprint density at radius 2 is 2.07 bits per heavy atom. The van der Waals surface area contributed by atoms with Crippen molar-refractivity contribution in [1.29, 1.82) is 0 Å². The Balaban J connectivity index is 2.54. The van der Waals surface area contributed by atoms with Crippen molar-refractivity contribution < 1.29 is 9.90 Å². The normalized spacial score (nSPS) is 12.3. The van der Waals surface area contributed by atoms with Gasteiger partial charge in [-0.05, 0) is 18.5 Å². The van der Waals surface area contributed by atoms with Gasteiger partial charge in [-0.3, -0.25) is 4.79 Å². The van der Waals surface area contributed by atoms with Crippen molar-refractivity contribution in [3.05, 3.63) is 35.9 Å². The van der Waals surface area contributed by atoms with Crippen LogP contribution in [0.15, 0.2) is 30.3 Å². The Morgan fingerprint density at radius 1 is 1.40 bits per heavy atom. The Morgan fingerprint density at radius 3 is 2.60 bits per heavy atom. The molecule has 0 aliphatic rings. The number of benzene rings is 1. The summed E-state index contributed by atoms with van der Waals surface area (Å²) in [7, 11) is 0. The molecule has 0 spiro atoms. The van der Waals surface area contributed by atoms with Crippen molar-refractivity contribution >= 4 is 5.97 Å². The molecular formula is C12H17NO2. The zero-order valence-corrected chi connectivity index (χ0v) is 8.94. The van der Waals surface area contributed by atoms with E-state index in [0.29, 0.717) is 0 Å². The Labute approximate surface area is 90.1 Å². The van der Waals surface area contributed by atoms with E-state index in [0.717, 1.165) is 13.0 Å². The van der Waals surface area contributed by atoms with Crippen LogP contribution in [0.2, 0.25) is 0 Å². The third-order valence-corrected chi connectivity index (χ3v) is 2.24. The van der Waals surface area contributed by atoms with Crippen molar-refractivity contribution in [3.63, 3.8) is 0 Å². The van der Waals surface area contributed by atoms with Gasteiger partial charge >= 0.3 is 5.97 Å². The van der Waals surface area contributed by atoms with Crippen LogP contribution in [-0.4, -0.2) is 23.7 Å². The maximum Gasteiger partial charge on any atom is 0.304 e.